The molecule has 0 fully saturated rings. The summed E-state index contributed by atoms with van der Waals surface area (Å²) in [5.41, 5.74) is 0.175. The van der Waals surface area contributed by atoms with Crippen molar-refractivity contribution in [2.24, 2.45) is 0 Å². The number of sulfonamides is 1. The van der Waals surface area contributed by atoms with Crippen LogP contribution >= 0.6 is 0 Å². The molecule has 10 heteroatoms. The van der Waals surface area contributed by atoms with Gasteiger partial charge in [-0.25, -0.2) is 17.8 Å². The number of para-hydroxylation sites is 2. The quantitative estimate of drug-likeness (QED) is 0.557. The molecule has 1 aromatic heterocycles. The Morgan fingerprint density at radius 2 is 1.71 bits per heavy atom. The fraction of sp³-hybridized carbons (Fsp3) is 0. The third-order valence-electron chi connectivity index (χ3n) is 3.09. The molecule has 0 amide bonds. The molecule has 0 atom stereocenters. The van der Waals surface area contributed by atoms with Crippen molar-refractivity contribution in [2.45, 2.75) is 4.90 Å². The van der Waals surface area contributed by atoms with Crippen molar-refractivity contribution in [1.29, 1.82) is 0 Å². The minimum atomic E-state index is -4.19. The first-order chi connectivity index (χ1) is 11.5. The van der Waals surface area contributed by atoms with E-state index in [0.717, 1.165) is 12.1 Å². The summed E-state index contributed by atoms with van der Waals surface area (Å²) in [7, 11) is -4.19. The van der Waals surface area contributed by atoms with E-state index in [1.54, 1.807) is 24.3 Å². The first-order valence-corrected chi connectivity index (χ1v) is 8.19. The van der Waals surface area contributed by atoms with E-state index in [-0.39, 0.29) is 5.95 Å². The maximum Gasteiger partial charge on any atom is 0.289 e. The zero-order chi connectivity index (χ0) is 17.2. The highest BCUT2D eigenvalue weighted by atomic mass is 32.2. The highest BCUT2D eigenvalue weighted by molar-refractivity contribution is 7.92. The van der Waals surface area contributed by atoms with E-state index in [0.29, 0.717) is 5.69 Å². The fourth-order valence-electron chi connectivity index (χ4n) is 2.03. The van der Waals surface area contributed by atoms with E-state index in [1.165, 1.54) is 23.1 Å². The van der Waals surface area contributed by atoms with Crippen LogP contribution < -0.4 is 4.72 Å². The number of aromatic nitrogens is 3. The molecule has 0 bridgehead atoms. The molecule has 24 heavy (non-hydrogen) atoms. The summed E-state index contributed by atoms with van der Waals surface area (Å²) in [5, 5.41) is 15.0. The Kier molecular flexibility index (Phi) is 3.96. The minimum Gasteiger partial charge on any atom is -0.258 e. The number of rotatable bonds is 5. The van der Waals surface area contributed by atoms with E-state index in [1.807, 2.05) is 6.07 Å². The first kappa shape index (κ1) is 15.6. The molecule has 0 aliphatic carbocycles. The van der Waals surface area contributed by atoms with Gasteiger partial charge in [0.1, 0.15) is 6.33 Å². The molecular formula is C14H11N5O4S. The average molecular weight is 345 g/mol. The molecule has 0 aliphatic rings. The summed E-state index contributed by atoms with van der Waals surface area (Å²) in [5.74, 6) is -0.183. The molecule has 0 saturated heterocycles. The second-order valence-electron chi connectivity index (χ2n) is 4.68. The van der Waals surface area contributed by atoms with Gasteiger partial charge in [-0.3, -0.25) is 10.1 Å². The minimum absolute atomic E-state index is 0.183. The molecule has 3 rings (SSSR count). The number of hydrogen-bond acceptors (Lipinski definition) is 6. The van der Waals surface area contributed by atoms with Crippen molar-refractivity contribution in [3.05, 3.63) is 71.0 Å². The Morgan fingerprint density at radius 3 is 2.42 bits per heavy atom. The highest BCUT2D eigenvalue weighted by Gasteiger charge is 2.26. The van der Waals surface area contributed by atoms with Crippen LogP contribution in [0.25, 0.3) is 5.69 Å². The van der Waals surface area contributed by atoms with Gasteiger partial charge in [0.05, 0.1) is 10.6 Å². The summed E-state index contributed by atoms with van der Waals surface area (Å²) in [6.45, 7) is 0. The molecule has 1 N–H and O–H groups in total. The van der Waals surface area contributed by atoms with E-state index >= 15 is 0 Å². The summed E-state index contributed by atoms with van der Waals surface area (Å²) >= 11 is 0. The SMILES string of the molecule is O=[N+]([O-])c1ccccc1S(=O)(=O)Nc1ncn(-c2ccccc2)n1. The van der Waals surface area contributed by atoms with Crippen LogP contribution in [0, 0.1) is 10.1 Å². The second-order valence-corrected chi connectivity index (χ2v) is 6.33. The molecule has 0 saturated carbocycles. The average Bonchev–Trinajstić information content (AvgIpc) is 3.03. The second kappa shape index (κ2) is 6.08. The maximum atomic E-state index is 12.4. The van der Waals surface area contributed by atoms with Gasteiger partial charge in [-0.1, -0.05) is 30.3 Å². The van der Waals surface area contributed by atoms with Crippen LogP contribution in [-0.2, 0) is 10.0 Å². The highest BCUT2D eigenvalue weighted by Crippen LogP contribution is 2.24. The van der Waals surface area contributed by atoms with Gasteiger partial charge in [-0.05, 0) is 18.2 Å². The zero-order valence-electron chi connectivity index (χ0n) is 12.1. The van der Waals surface area contributed by atoms with Crippen molar-refractivity contribution in [3.8, 4) is 5.69 Å². The van der Waals surface area contributed by atoms with Gasteiger partial charge < -0.3 is 0 Å². The van der Waals surface area contributed by atoms with E-state index in [4.69, 9.17) is 0 Å². The lowest BCUT2D eigenvalue weighted by Crippen LogP contribution is -2.15. The van der Waals surface area contributed by atoms with Crippen molar-refractivity contribution >= 4 is 21.7 Å². The van der Waals surface area contributed by atoms with E-state index in [9.17, 15) is 18.5 Å². The normalized spacial score (nSPS) is 11.2. The van der Waals surface area contributed by atoms with Crippen molar-refractivity contribution in [2.75, 3.05) is 4.72 Å². The zero-order valence-corrected chi connectivity index (χ0v) is 12.9. The monoisotopic (exact) mass is 345 g/mol. The summed E-state index contributed by atoms with van der Waals surface area (Å²) in [4.78, 5) is 13.6. The van der Waals surface area contributed by atoms with Crippen LogP contribution in [0.1, 0.15) is 0 Å². The molecular weight excluding hydrogens is 334 g/mol. The Balaban J connectivity index is 1.91. The lowest BCUT2D eigenvalue weighted by molar-refractivity contribution is -0.387. The summed E-state index contributed by atoms with van der Waals surface area (Å²) in [6, 6.07) is 14.0. The lowest BCUT2D eigenvalue weighted by atomic mass is 10.3. The van der Waals surface area contributed by atoms with Crippen molar-refractivity contribution in [3.63, 3.8) is 0 Å². The Morgan fingerprint density at radius 1 is 1.04 bits per heavy atom. The van der Waals surface area contributed by atoms with Gasteiger partial charge in [0.2, 0.25) is 0 Å². The van der Waals surface area contributed by atoms with Crippen molar-refractivity contribution in [1.82, 2.24) is 14.8 Å². The van der Waals surface area contributed by atoms with Gasteiger partial charge in [-0.15, -0.1) is 5.10 Å². The van der Waals surface area contributed by atoms with Gasteiger partial charge in [0.25, 0.3) is 21.7 Å². The number of hydrogen-bond donors (Lipinski definition) is 1. The van der Waals surface area contributed by atoms with Gasteiger partial charge in [-0.2, -0.15) is 4.98 Å². The molecule has 1 heterocycles. The number of nitro benzene ring substituents is 1. The van der Waals surface area contributed by atoms with Gasteiger partial charge >= 0.3 is 0 Å². The standard InChI is InChI=1S/C14H11N5O4S/c20-19(21)12-8-4-5-9-13(12)24(22,23)17-14-15-10-18(16-14)11-6-2-1-3-7-11/h1-10H,(H,16,17). The molecule has 0 unspecified atom stereocenters. The van der Waals surface area contributed by atoms with E-state index < -0.39 is 25.5 Å². The number of nitrogens with one attached hydrogen (secondary N) is 1. The summed E-state index contributed by atoms with van der Waals surface area (Å²) in [6.07, 6.45) is 1.34. The smallest absolute Gasteiger partial charge is 0.258 e. The van der Waals surface area contributed by atoms with E-state index in [2.05, 4.69) is 14.8 Å². The molecule has 9 nitrogen and oxygen atoms in total. The Bertz CT molecular complexity index is 985. The van der Waals surface area contributed by atoms with Gasteiger partial charge in [0.15, 0.2) is 4.90 Å². The number of benzene rings is 2. The molecule has 0 aliphatic heterocycles. The molecule has 122 valence electrons. The molecule has 2 aromatic carbocycles. The predicted molar refractivity (Wildman–Crippen MR) is 85.3 cm³/mol. The largest absolute Gasteiger partial charge is 0.289 e. The third-order valence-corrected chi connectivity index (χ3v) is 4.47. The van der Waals surface area contributed by atoms with Crippen LogP contribution in [0.5, 0.6) is 0 Å². The predicted octanol–water partition coefficient (Wildman–Crippen LogP) is 1.98. The summed E-state index contributed by atoms with van der Waals surface area (Å²) < 4.78 is 28.3. The van der Waals surface area contributed by atoms with Crippen LogP contribution in [-0.4, -0.2) is 28.1 Å². The Hall–Kier alpha value is -3.27. The maximum absolute atomic E-state index is 12.4. The number of nitrogens with zero attached hydrogens (tertiary/aromatic N) is 4. The van der Waals surface area contributed by atoms with Crippen LogP contribution in [0.3, 0.4) is 0 Å². The molecule has 3 aromatic rings. The van der Waals surface area contributed by atoms with Gasteiger partial charge in [0, 0.05) is 6.07 Å². The Labute approximate surface area is 136 Å². The molecule has 0 radical (unpaired) electrons. The number of nitro groups is 1. The molecule has 0 spiro atoms. The number of anilines is 1. The first-order valence-electron chi connectivity index (χ1n) is 6.71. The van der Waals surface area contributed by atoms with Crippen LogP contribution in [0.15, 0.2) is 65.8 Å². The van der Waals surface area contributed by atoms with Crippen LogP contribution in [0.2, 0.25) is 0 Å². The lowest BCUT2D eigenvalue weighted by Gasteiger charge is -2.05. The topological polar surface area (TPSA) is 120 Å². The fourth-order valence-corrected chi connectivity index (χ4v) is 3.14. The van der Waals surface area contributed by atoms with Crippen molar-refractivity contribution < 1.29 is 13.3 Å². The third kappa shape index (κ3) is 3.08. The van der Waals surface area contributed by atoms with Crippen LogP contribution in [0.4, 0.5) is 11.6 Å².